The number of anilines is 1. The number of carbonyl (C=O) groups excluding carboxylic acids is 4. The van der Waals surface area contributed by atoms with Crippen molar-refractivity contribution in [3.63, 3.8) is 0 Å². The summed E-state index contributed by atoms with van der Waals surface area (Å²) < 4.78 is 5.89. The van der Waals surface area contributed by atoms with Gasteiger partial charge in [-0.3, -0.25) is 19.2 Å². The highest BCUT2D eigenvalue weighted by molar-refractivity contribution is 9.12. The number of rotatable bonds is 3. The van der Waals surface area contributed by atoms with Gasteiger partial charge in [-0.25, -0.2) is 4.90 Å². The lowest BCUT2D eigenvalue weighted by Gasteiger charge is -2.42. The Bertz CT molecular complexity index is 1660. The lowest BCUT2D eigenvalue weighted by Crippen LogP contribution is -2.39. The van der Waals surface area contributed by atoms with Gasteiger partial charge >= 0.3 is 0 Å². The van der Waals surface area contributed by atoms with Crippen LogP contribution in [0.3, 0.4) is 0 Å². The van der Waals surface area contributed by atoms with Crippen LogP contribution < -0.4 is 9.64 Å². The minimum atomic E-state index is -0.709. The van der Waals surface area contributed by atoms with E-state index in [1.54, 1.807) is 30.3 Å². The van der Waals surface area contributed by atoms with E-state index in [1.165, 1.54) is 18.1 Å². The highest BCUT2D eigenvalue weighted by atomic mass is 79.9. The average Bonchev–Trinajstić information content (AvgIpc) is 3.18. The summed E-state index contributed by atoms with van der Waals surface area (Å²) in [6, 6.07) is 8.42. The van der Waals surface area contributed by atoms with Crippen molar-refractivity contribution in [2.45, 2.75) is 25.7 Å². The Morgan fingerprint density at radius 3 is 2.50 bits per heavy atom. The maximum Gasteiger partial charge on any atom is 0.238 e. The number of aromatic hydroxyl groups is 1. The van der Waals surface area contributed by atoms with Crippen LogP contribution in [0.1, 0.15) is 29.9 Å². The van der Waals surface area contributed by atoms with E-state index in [4.69, 9.17) is 16.3 Å². The molecule has 40 heavy (non-hydrogen) atoms. The van der Waals surface area contributed by atoms with Crippen LogP contribution in [0.5, 0.6) is 11.5 Å². The number of ether oxygens (including phenoxy) is 1. The fraction of sp³-hybridized carbons (Fsp3) is 0.267. The number of amides is 2. The van der Waals surface area contributed by atoms with Gasteiger partial charge in [-0.2, -0.15) is 0 Å². The van der Waals surface area contributed by atoms with Crippen LogP contribution in [0.2, 0.25) is 5.02 Å². The monoisotopic (exact) mass is 685 g/mol. The lowest BCUT2D eigenvalue weighted by molar-refractivity contribution is -0.123. The van der Waals surface area contributed by atoms with Crippen molar-refractivity contribution in [1.82, 2.24) is 0 Å². The van der Waals surface area contributed by atoms with E-state index in [1.807, 2.05) is 13.0 Å². The molecule has 0 saturated carbocycles. The number of ketones is 2. The van der Waals surface area contributed by atoms with Gasteiger partial charge in [-0.05, 0) is 92.9 Å². The number of halogens is 3. The molecule has 3 aliphatic carbocycles. The zero-order chi connectivity index (χ0) is 28.6. The van der Waals surface area contributed by atoms with E-state index < -0.39 is 23.7 Å². The third kappa shape index (κ3) is 3.96. The van der Waals surface area contributed by atoms with Crippen molar-refractivity contribution >= 4 is 72.5 Å². The number of allylic oxidation sites excluding steroid dienone is 6. The van der Waals surface area contributed by atoms with Gasteiger partial charge in [0.15, 0.2) is 23.1 Å². The maximum atomic E-state index is 14.0. The number of Topliss-reactive ketones (excluding diaryl/α,β-unsaturated/α-hetero) is 1. The predicted octanol–water partition coefficient (Wildman–Crippen LogP) is 6.09. The molecule has 4 aliphatic rings. The van der Waals surface area contributed by atoms with Crippen molar-refractivity contribution in [3.05, 3.63) is 84.3 Å². The number of hydrogen-bond acceptors (Lipinski definition) is 6. The molecule has 0 spiro atoms. The Hall–Kier alpha value is -3.01. The summed E-state index contributed by atoms with van der Waals surface area (Å²) in [4.78, 5) is 55.6. The third-order valence-electron chi connectivity index (χ3n) is 8.35. The number of fused-ring (bicyclic) bond motifs is 3. The number of aryl methyl sites for hydroxylation is 1. The molecule has 6 rings (SSSR count). The summed E-state index contributed by atoms with van der Waals surface area (Å²) in [5.41, 5.74) is 3.33. The second kappa shape index (κ2) is 9.82. The first kappa shape index (κ1) is 27.2. The summed E-state index contributed by atoms with van der Waals surface area (Å²) in [7, 11) is 1.42. The molecule has 2 aromatic carbocycles. The predicted molar refractivity (Wildman–Crippen MR) is 156 cm³/mol. The van der Waals surface area contributed by atoms with E-state index in [0.29, 0.717) is 38.3 Å². The maximum absolute atomic E-state index is 14.0. The molecule has 204 valence electrons. The Morgan fingerprint density at radius 2 is 1.80 bits per heavy atom. The number of nitrogens with zero attached hydrogens (tertiary/aromatic N) is 1. The lowest BCUT2D eigenvalue weighted by atomic mass is 9.59. The van der Waals surface area contributed by atoms with E-state index >= 15 is 0 Å². The zero-order valence-electron chi connectivity index (χ0n) is 21.3. The van der Waals surface area contributed by atoms with Gasteiger partial charge in [0, 0.05) is 28.2 Å². The summed E-state index contributed by atoms with van der Waals surface area (Å²) in [5, 5.41) is 10.9. The van der Waals surface area contributed by atoms with E-state index in [9.17, 15) is 24.3 Å². The van der Waals surface area contributed by atoms with E-state index in [0.717, 1.165) is 11.1 Å². The number of phenolic OH excluding ortho intramolecular Hbond substituents is 1. The molecule has 4 unspecified atom stereocenters. The standard InChI is InChI=1S/C30H22Br2ClNO6/c1-12-3-4-14(9-21(12)33)34-29(38)16-6-5-15-17(25(16)30(34)39)10-18-26(22(35)11-20(32)27(18)36)24(15)13-7-19(31)28(37)23(8-13)40-2/h3-5,7-9,11,16-17,24-25,37H,6,10H2,1-2H3. The number of carbonyl (C=O) groups is 4. The average molecular weight is 688 g/mol. The van der Waals surface area contributed by atoms with Crippen LogP contribution in [0, 0.1) is 24.7 Å². The van der Waals surface area contributed by atoms with Gasteiger partial charge in [0.1, 0.15) is 0 Å². The number of hydrogen-bond donors (Lipinski definition) is 1. The van der Waals surface area contributed by atoms with Crippen molar-refractivity contribution in [1.29, 1.82) is 0 Å². The molecule has 10 heteroatoms. The Balaban J connectivity index is 1.50. The fourth-order valence-corrected chi connectivity index (χ4v) is 7.56. The molecule has 0 bridgehead atoms. The summed E-state index contributed by atoms with van der Waals surface area (Å²) in [5.74, 6) is -3.63. The van der Waals surface area contributed by atoms with Gasteiger partial charge in [0.2, 0.25) is 11.8 Å². The third-order valence-corrected chi connectivity index (χ3v) is 9.95. The van der Waals surface area contributed by atoms with Crippen LogP contribution in [0.4, 0.5) is 5.69 Å². The molecule has 4 atom stereocenters. The molecule has 1 saturated heterocycles. The zero-order valence-corrected chi connectivity index (χ0v) is 25.3. The molecule has 2 aromatic rings. The minimum absolute atomic E-state index is 0.0943. The van der Waals surface area contributed by atoms with E-state index in [-0.39, 0.29) is 45.8 Å². The number of methoxy groups -OCH3 is 1. The largest absolute Gasteiger partial charge is 0.503 e. The first-order chi connectivity index (χ1) is 19.0. The van der Waals surface area contributed by atoms with Crippen LogP contribution in [0.15, 0.2) is 68.2 Å². The second-order valence-corrected chi connectivity index (χ2v) is 12.5. The molecule has 1 fully saturated rings. The SMILES string of the molecule is COc1cc(C2C3=CCC4C(=O)N(c5ccc(C)c(Cl)c5)C(=O)C4C3CC3=C2C(=O)C=C(Br)C3=O)cc(Br)c1O. The van der Waals surface area contributed by atoms with E-state index in [2.05, 4.69) is 31.9 Å². The fourth-order valence-electron chi connectivity index (χ4n) is 6.48. The smallest absolute Gasteiger partial charge is 0.238 e. The Labute approximate surface area is 251 Å². The molecule has 7 nitrogen and oxygen atoms in total. The molecular weight excluding hydrogens is 666 g/mol. The van der Waals surface area contributed by atoms with Crippen molar-refractivity contribution in [2.75, 3.05) is 12.0 Å². The summed E-state index contributed by atoms with van der Waals surface area (Å²) in [6.45, 7) is 1.84. The topological polar surface area (TPSA) is 101 Å². The first-order valence-electron chi connectivity index (χ1n) is 12.6. The van der Waals surface area contributed by atoms with Gasteiger partial charge in [0.05, 0.1) is 33.6 Å². The number of imide groups is 1. The molecule has 0 aromatic heterocycles. The van der Waals surface area contributed by atoms with Crippen LogP contribution in [-0.2, 0) is 19.2 Å². The molecule has 1 heterocycles. The molecular formula is C30H22Br2ClNO6. The Kier molecular flexibility index (Phi) is 6.67. The van der Waals surface area contributed by atoms with Crippen LogP contribution >= 0.6 is 43.5 Å². The van der Waals surface area contributed by atoms with Gasteiger partial charge in [0.25, 0.3) is 0 Å². The van der Waals surface area contributed by atoms with Crippen LogP contribution in [0.25, 0.3) is 0 Å². The molecule has 1 aliphatic heterocycles. The normalized spacial score (nSPS) is 25.9. The highest BCUT2D eigenvalue weighted by Gasteiger charge is 2.56. The second-order valence-electron chi connectivity index (χ2n) is 10.4. The van der Waals surface area contributed by atoms with Crippen molar-refractivity contribution < 1.29 is 29.0 Å². The van der Waals surface area contributed by atoms with Gasteiger partial charge < -0.3 is 9.84 Å². The summed E-state index contributed by atoms with van der Waals surface area (Å²) in [6.07, 6.45) is 3.69. The quantitative estimate of drug-likeness (QED) is 0.238. The van der Waals surface area contributed by atoms with Gasteiger partial charge in [-0.15, -0.1) is 0 Å². The van der Waals surface area contributed by atoms with Gasteiger partial charge in [-0.1, -0.05) is 29.3 Å². The molecule has 0 radical (unpaired) electrons. The van der Waals surface area contributed by atoms with Crippen LogP contribution in [-0.4, -0.2) is 35.6 Å². The van der Waals surface area contributed by atoms with Crippen molar-refractivity contribution in [2.24, 2.45) is 17.8 Å². The molecule has 1 N–H and O–H groups in total. The number of phenols is 1. The number of benzene rings is 2. The van der Waals surface area contributed by atoms with Crippen molar-refractivity contribution in [3.8, 4) is 11.5 Å². The Morgan fingerprint density at radius 1 is 1.05 bits per heavy atom. The summed E-state index contributed by atoms with van der Waals surface area (Å²) >= 11 is 12.9. The first-order valence-corrected chi connectivity index (χ1v) is 14.6. The molecule has 2 amide bonds. The minimum Gasteiger partial charge on any atom is -0.503 e. The highest BCUT2D eigenvalue weighted by Crippen LogP contribution is 2.56.